The van der Waals surface area contributed by atoms with Crippen LogP contribution in [-0.4, -0.2) is 52.5 Å². The first-order valence-corrected chi connectivity index (χ1v) is 10.4. The normalized spacial score (nSPS) is 15.3. The number of thioether (sulfide) groups is 1. The maximum absolute atomic E-state index is 12.1. The second-order valence-electron chi connectivity index (χ2n) is 7.09. The molecule has 7 heteroatoms. The summed E-state index contributed by atoms with van der Waals surface area (Å²) in [6.07, 6.45) is 1.16. The van der Waals surface area contributed by atoms with Crippen LogP contribution in [0.3, 0.4) is 0 Å². The number of aryl methyl sites for hydroxylation is 1. The van der Waals surface area contributed by atoms with Crippen LogP contribution < -0.4 is 16.1 Å². The first-order chi connectivity index (χ1) is 13.0. The highest BCUT2D eigenvalue weighted by molar-refractivity contribution is 7.99. The number of aromatic nitrogens is 2. The number of anilines is 1. The van der Waals surface area contributed by atoms with Crippen molar-refractivity contribution in [2.75, 3.05) is 43.4 Å². The van der Waals surface area contributed by atoms with Crippen molar-refractivity contribution in [3.8, 4) is 0 Å². The summed E-state index contributed by atoms with van der Waals surface area (Å²) in [6.45, 7) is 6.80. The first kappa shape index (κ1) is 19.8. The van der Waals surface area contributed by atoms with E-state index in [0.717, 1.165) is 55.3 Å². The Bertz CT molecular complexity index is 898. The van der Waals surface area contributed by atoms with E-state index < -0.39 is 0 Å². The molecule has 0 atom stereocenters. The van der Waals surface area contributed by atoms with Gasteiger partial charge in [0.2, 0.25) is 0 Å². The topological polar surface area (TPSA) is 50.5 Å². The Balaban J connectivity index is 1.47. The fraction of sp³-hybridized carbons (Fsp3) is 0.500. The third-order valence-corrected chi connectivity index (χ3v) is 6.15. The fourth-order valence-electron chi connectivity index (χ4n) is 3.41. The minimum absolute atomic E-state index is 0.247. The van der Waals surface area contributed by atoms with E-state index in [9.17, 15) is 9.59 Å². The van der Waals surface area contributed by atoms with Gasteiger partial charge >= 0.3 is 5.69 Å². The lowest BCUT2D eigenvalue weighted by Gasteiger charge is -2.36. The van der Waals surface area contributed by atoms with E-state index in [1.165, 1.54) is 17.5 Å². The molecule has 3 rings (SSSR count). The Kier molecular flexibility index (Phi) is 6.44. The van der Waals surface area contributed by atoms with Crippen molar-refractivity contribution in [3.63, 3.8) is 0 Å². The van der Waals surface area contributed by atoms with E-state index in [1.54, 1.807) is 17.7 Å². The SMILES string of the molecule is Cc1cccc(SCCCN2CCN(c3cc(=O)n(C)c(=O)n3C)CC2)c1. The van der Waals surface area contributed by atoms with Gasteiger partial charge in [-0.15, -0.1) is 11.8 Å². The van der Waals surface area contributed by atoms with Crippen LogP contribution in [0.2, 0.25) is 0 Å². The number of nitrogens with zero attached hydrogens (tertiary/aromatic N) is 4. The van der Waals surface area contributed by atoms with Crippen LogP contribution in [0.1, 0.15) is 12.0 Å². The van der Waals surface area contributed by atoms with Gasteiger partial charge in [-0.2, -0.15) is 0 Å². The number of hydrogen-bond acceptors (Lipinski definition) is 5. The van der Waals surface area contributed by atoms with E-state index in [0.29, 0.717) is 0 Å². The van der Waals surface area contributed by atoms with Gasteiger partial charge in [0.05, 0.1) is 0 Å². The molecule has 1 aliphatic rings. The molecule has 0 saturated carbocycles. The standard InChI is InChI=1S/C20H28N4O2S/c1-16-6-4-7-17(14-16)27-13-5-8-23-9-11-24(12-10-23)18-15-19(25)22(3)20(26)21(18)2/h4,6-7,14-15H,5,8-13H2,1-3H3. The van der Waals surface area contributed by atoms with E-state index in [4.69, 9.17) is 0 Å². The average Bonchev–Trinajstić information content (AvgIpc) is 2.67. The minimum Gasteiger partial charge on any atom is -0.355 e. The summed E-state index contributed by atoms with van der Waals surface area (Å²) in [6, 6.07) is 10.2. The molecular weight excluding hydrogens is 360 g/mol. The molecule has 27 heavy (non-hydrogen) atoms. The maximum atomic E-state index is 12.1. The molecule has 1 saturated heterocycles. The predicted octanol–water partition coefficient (Wildman–Crippen LogP) is 1.70. The van der Waals surface area contributed by atoms with Gasteiger partial charge in [-0.25, -0.2) is 4.79 Å². The molecule has 1 fully saturated rings. The first-order valence-electron chi connectivity index (χ1n) is 9.39. The van der Waals surface area contributed by atoms with Crippen LogP contribution in [0.5, 0.6) is 0 Å². The number of rotatable bonds is 6. The summed E-state index contributed by atoms with van der Waals surface area (Å²) < 4.78 is 2.71. The number of benzene rings is 1. The molecule has 0 amide bonds. The highest BCUT2D eigenvalue weighted by Crippen LogP contribution is 2.20. The molecule has 0 N–H and O–H groups in total. The van der Waals surface area contributed by atoms with Crippen LogP contribution in [0.25, 0.3) is 0 Å². The zero-order valence-corrected chi connectivity index (χ0v) is 17.2. The highest BCUT2D eigenvalue weighted by atomic mass is 32.2. The highest BCUT2D eigenvalue weighted by Gasteiger charge is 2.19. The molecule has 1 aliphatic heterocycles. The number of hydrogen-bond donors (Lipinski definition) is 0. The molecule has 0 bridgehead atoms. The zero-order valence-electron chi connectivity index (χ0n) is 16.4. The second-order valence-corrected chi connectivity index (χ2v) is 8.26. The lowest BCUT2D eigenvalue weighted by atomic mass is 10.2. The number of piperazine rings is 1. The van der Waals surface area contributed by atoms with E-state index in [1.807, 2.05) is 11.8 Å². The quantitative estimate of drug-likeness (QED) is 0.557. The molecule has 0 radical (unpaired) electrons. The van der Waals surface area contributed by atoms with Crippen LogP contribution in [0.15, 0.2) is 44.8 Å². The Morgan fingerprint density at radius 1 is 1.00 bits per heavy atom. The van der Waals surface area contributed by atoms with Crippen molar-refractivity contribution in [3.05, 3.63) is 56.7 Å². The van der Waals surface area contributed by atoms with Gasteiger partial charge in [-0.3, -0.25) is 18.8 Å². The van der Waals surface area contributed by atoms with Crippen molar-refractivity contribution in [2.45, 2.75) is 18.2 Å². The molecule has 0 spiro atoms. The maximum Gasteiger partial charge on any atom is 0.332 e. The third kappa shape index (κ3) is 4.84. The van der Waals surface area contributed by atoms with Crippen LogP contribution in [0.4, 0.5) is 5.82 Å². The average molecular weight is 389 g/mol. The van der Waals surface area contributed by atoms with Crippen molar-refractivity contribution < 1.29 is 0 Å². The Morgan fingerprint density at radius 3 is 2.44 bits per heavy atom. The predicted molar refractivity (Wildman–Crippen MR) is 112 cm³/mol. The minimum atomic E-state index is -0.270. The summed E-state index contributed by atoms with van der Waals surface area (Å²) in [5.41, 5.74) is 0.790. The van der Waals surface area contributed by atoms with Gasteiger partial charge in [-0.05, 0) is 37.8 Å². The van der Waals surface area contributed by atoms with Gasteiger partial charge in [-0.1, -0.05) is 17.7 Å². The third-order valence-electron chi connectivity index (χ3n) is 5.07. The van der Waals surface area contributed by atoms with Gasteiger partial charge in [0, 0.05) is 51.2 Å². The molecule has 146 valence electrons. The van der Waals surface area contributed by atoms with Gasteiger partial charge in [0.15, 0.2) is 0 Å². The van der Waals surface area contributed by atoms with Gasteiger partial charge in [0.25, 0.3) is 5.56 Å². The lowest BCUT2D eigenvalue weighted by Crippen LogP contribution is -2.49. The molecular formula is C20H28N4O2S. The van der Waals surface area contributed by atoms with Crippen molar-refractivity contribution in [1.29, 1.82) is 0 Å². The van der Waals surface area contributed by atoms with Gasteiger partial charge in [0.1, 0.15) is 5.82 Å². The van der Waals surface area contributed by atoms with E-state index >= 15 is 0 Å². The van der Waals surface area contributed by atoms with Crippen LogP contribution in [0, 0.1) is 6.92 Å². The molecule has 0 aliphatic carbocycles. The Labute approximate surface area is 164 Å². The van der Waals surface area contributed by atoms with Crippen molar-refractivity contribution in [1.82, 2.24) is 14.0 Å². The van der Waals surface area contributed by atoms with Crippen molar-refractivity contribution in [2.24, 2.45) is 14.1 Å². The molecule has 0 unspecified atom stereocenters. The summed E-state index contributed by atoms with van der Waals surface area (Å²) in [5.74, 6) is 1.84. The zero-order chi connectivity index (χ0) is 19.4. The lowest BCUT2D eigenvalue weighted by molar-refractivity contribution is 0.258. The van der Waals surface area contributed by atoms with Crippen LogP contribution >= 0.6 is 11.8 Å². The Morgan fingerprint density at radius 2 is 1.74 bits per heavy atom. The van der Waals surface area contributed by atoms with Crippen molar-refractivity contribution >= 4 is 17.6 Å². The molecule has 1 aromatic heterocycles. The summed E-state index contributed by atoms with van der Waals surface area (Å²) in [5, 5.41) is 0. The molecule has 2 aromatic rings. The second kappa shape index (κ2) is 8.80. The smallest absolute Gasteiger partial charge is 0.332 e. The molecule has 2 heterocycles. The van der Waals surface area contributed by atoms with E-state index in [2.05, 4.69) is 41.0 Å². The summed E-state index contributed by atoms with van der Waals surface area (Å²) >= 11 is 1.91. The van der Waals surface area contributed by atoms with Gasteiger partial charge < -0.3 is 4.90 Å². The fourth-order valence-corrected chi connectivity index (χ4v) is 4.36. The largest absolute Gasteiger partial charge is 0.355 e. The van der Waals surface area contributed by atoms with E-state index in [-0.39, 0.29) is 11.2 Å². The molecule has 1 aromatic carbocycles. The monoisotopic (exact) mass is 388 g/mol. The summed E-state index contributed by atoms with van der Waals surface area (Å²) in [7, 11) is 3.24. The summed E-state index contributed by atoms with van der Waals surface area (Å²) in [4.78, 5) is 30.0. The Hall–Kier alpha value is -1.99. The van der Waals surface area contributed by atoms with Crippen LogP contribution in [-0.2, 0) is 14.1 Å². The molecule has 6 nitrogen and oxygen atoms in total.